The number of piperidine rings is 1. The SMILES string of the molecule is Cc1ccc(-c2cc(C(C)(C)N)cc(OC3[C@H]4CNC[C@@H]34)n2)c(F)c1. The molecule has 25 heavy (non-hydrogen) atoms. The van der Waals surface area contributed by atoms with E-state index in [4.69, 9.17) is 10.5 Å². The summed E-state index contributed by atoms with van der Waals surface area (Å²) in [7, 11) is 0. The van der Waals surface area contributed by atoms with Crippen molar-refractivity contribution in [2.75, 3.05) is 13.1 Å². The minimum Gasteiger partial charge on any atom is -0.474 e. The van der Waals surface area contributed by atoms with Crippen LogP contribution in [0.4, 0.5) is 4.39 Å². The lowest BCUT2D eigenvalue weighted by atomic mass is 9.94. The first-order valence-electron chi connectivity index (χ1n) is 8.78. The van der Waals surface area contributed by atoms with E-state index in [-0.39, 0.29) is 11.9 Å². The van der Waals surface area contributed by atoms with Gasteiger partial charge < -0.3 is 15.8 Å². The van der Waals surface area contributed by atoms with Gasteiger partial charge >= 0.3 is 0 Å². The molecule has 4 nitrogen and oxygen atoms in total. The minimum atomic E-state index is -0.558. The molecule has 2 fully saturated rings. The van der Waals surface area contributed by atoms with Crippen LogP contribution in [0, 0.1) is 24.6 Å². The van der Waals surface area contributed by atoms with Crippen molar-refractivity contribution in [3.63, 3.8) is 0 Å². The van der Waals surface area contributed by atoms with Gasteiger partial charge in [0, 0.05) is 42.1 Å². The van der Waals surface area contributed by atoms with Gasteiger partial charge in [0.05, 0.1) is 5.69 Å². The van der Waals surface area contributed by atoms with Crippen molar-refractivity contribution in [3.05, 3.63) is 47.3 Å². The van der Waals surface area contributed by atoms with E-state index in [0.717, 1.165) is 24.2 Å². The lowest BCUT2D eigenvalue weighted by Crippen LogP contribution is -2.29. The number of fused-ring (bicyclic) bond motifs is 1. The predicted octanol–water partition coefficient (Wildman–Crippen LogP) is 2.99. The fourth-order valence-corrected chi connectivity index (χ4v) is 3.58. The normalized spacial score (nSPS) is 24.9. The van der Waals surface area contributed by atoms with Gasteiger partial charge in [0.15, 0.2) is 0 Å². The van der Waals surface area contributed by atoms with Crippen LogP contribution in [-0.2, 0) is 5.54 Å². The highest BCUT2D eigenvalue weighted by Gasteiger charge is 2.55. The summed E-state index contributed by atoms with van der Waals surface area (Å²) < 4.78 is 20.6. The summed E-state index contributed by atoms with van der Waals surface area (Å²) in [5, 5.41) is 3.35. The molecule has 0 radical (unpaired) electrons. The largest absolute Gasteiger partial charge is 0.474 e. The van der Waals surface area contributed by atoms with Crippen LogP contribution < -0.4 is 15.8 Å². The van der Waals surface area contributed by atoms with E-state index in [9.17, 15) is 4.39 Å². The monoisotopic (exact) mass is 341 g/mol. The molecule has 4 rings (SSSR count). The van der Waals surface area contributed by atoms with E-state index < -0.39 is 5.54 Å². The van der Waals surface area contributed by atoms with E-state index in [1.54, 1.807) is 6.07 Å². The molecule has 3 N–H and O–H groups in total. The second kappa shape index (κ2) is 5.78. The molecule has 1 aliphatic heterocycles. The number of hydrogen-bond donors (Lipinski definition) is 2. The molecule has 1 aromatic carbocycles. The van der Waals surface area contributed by atoms with Crippen LogP contribution in [-0.4, -0.2) is 24.2 Å². The quantitative estimate of drug-likeness (QED) is 0.897. The number of rotatable bonds is 4. The maximum absolute atomic E-state index is 14.4. The molecule has 3 atom stereocenters. The van der Waals surface area contributed by atoms with E-state index >= 15 is 0 Å². The molecular formula is C20H24FN3O. The van der Waals surface area contributed by atoms with Gasteiger partial charge in [-0.2, -0.15) is 0 Å². The van der Waals surface area contributed by atoms with E-state index in [2.05, 4.69) is 10.3 Å². The zero-order chi connectivity index (χ0) is 17.8. The number of halogens is 1. The highest BCUT2D eigenvalue weighted by molar-refractivity contribution is 5.62. The Morgan fingerprint density at radius 3 is 2.56 bits per heavy atom. The second-order valence-electron chi connectivity index (χ2n) is 7.85. The first-order valence-corrected chi connectivity index (χ1v) is 8.78. The Morgan fingerprint density at radius 1 is 1.20 bits per heavy atom. The van der Waals surface area contributed by atoms with Gasteiger partial charge in [0.1, 0.15) is 11.9 Å². The Hall–Kier alpha value is -1.98. The smallest absolute Gasteiger partial charge is 0.214 e. The van der Waals surface area contributed by atoms with Crippen molar-refractivity contribution >= 4 is 0 Å². The van der Waals surface area contributed by atoms with Crippen LogP contribution in [0.5, 0.6) is 5.88 Å². The van der Waals surface area contributed by atoms with Crippen molar-refractivity contribution in [1.29, 1.82) is 0 Å². The second-order valence-corrected chi connectivity index (χ2v) is 7.85. The summed E-state index contributed by atoms with van der Waals surface area (Å²) in [6, 6.07) is 8.92. The fraction of sp³-hybridized carbons (Fsp3) is 0.450. The number of nitrogens with one attached hydrogen (secondary N) is 1. The standard InChI is InChI=1S/C20H24FN3O/c1-11-4-5-13(16(21)6-11)17-7-12(20(2,3)22)8-18(24-17)25-19-14-9-23-10-15(14)19/h4-8,14-15,19,23H,9-10,22H2,1-3H3/t14-,15+,19?. The van der Waals surface area contributed by atoms with Gasteiger partial charge in [-0.3, -0.25) is 0 Å². The Balaban J connectivity index is 1.71. The third-order valence-corrected chi connectivity index (χ3v) is 5.22. The number of benzene rings is 1. The molecule has 2 heterocycles. The molecule has 0 amide bonds. The maximum Gasteiger partial charge on any atom is 0.214 e. The topological polar surface area (TPSA) is 60.2 Å². The number of hydrogen-bond acceptors (Lipinski definition) is 4. The summed E-state index contributed by atoms with van der Waals surface area (Å²) in [4.78, 5) is 4.58. The molecule has 0 bridgehead atoms. The Morgan fingerprint density at radius 2 is 1.92 bits per heavy atom. The lowest BCUT2D eigenvalue weighted by Gasteiger charge is -2.21. The molecule has 2 aromatic rings. The van der Waals surface area contributed by atoms with E-state index in [1.165, 1.54) is 6.07 Å². The van der Waals surface area contributed by atoms with Gasteiger partial charge in [0.25, 0.3) is 0 Å². The number of nitrogens with zero attached hydrogens (tertiary/aromatic N) is 1. The number of pyridine rings is 1. The zero-order valence-electron chi connectivity index (χ0n) is 14.8. The Bertz CT molecular complexity index is 805. The van der Waals surface area contributed by atoms with Gasteiger partial charge in [-0.1, -0.05) is 6.07 Å². The van der Waals surface area contributed by atoms with Crippen molar-refractivity contribution in [2.45, 2.75) is 32.4 Å². The summed E-state index contributed by atoms with van der Waals surface area (Å²) in [6.45, 7) is 7.72. The molecule has 1 aliphatic carbocycles. The highest BCUT2D eigenvalue weighted by Crippen LogP contribution is 2.44. The summed E-state index contributed by atoms with van der Waals surface area (Å²) in [6.07, 6.45) is 0.209. The Kier molecular flexibility index (Phi) is 3.81. The van der Waals surface area contributed by atoms with Crippen molar-refractivity contribution in [2.24, 2.45) is 17.6 Å². The number of nitrogens with two attached hydrogens (primary N) is 1. The number of aryl methyl sites for hydroxylation is 1. The van der Waals surface area contributed by atoms with Crippen molar-refractivity contribution in [1.82, 2.24) is 10.3 Å². The van der Waals surface area contributed by atoms with Crippen LogP contribution in [0.3, 0.4) is 0 Å². The van der Waals surface area contributed by atoms with Crippen molar-refractivity contribution in [3.8, 4) is 17.1 Å². The molecule has 132 valence electrons. The summed E-state index contributed by atoms with van der Waals surface area (Å²) in [5.41, 5.74) is 8.53. The van der Waals surface area contributed by atoms with Gasteiger partial charge in [0.2, 0.25) is 5.88 Å². The fourth-order valence-electron chi connectivity index (χ4n) is 3.58. The maximum atomic E-state index is 14.4. The van der Waals surface area contributed by atoms with Gasteiger partial charge in [-0.05, 0) is 50.1 Å². The first kappa shape index (κ1) is 16.5. The molecule has 0 spiro atoms. The first-order chi connectivity index (χ1) is 11.8. The van der Waals surface area contributed by atoms with E-state index in [1.807, 2.05) is 39.0 Å². The molecule has 1 aromatic heterocycles. The minimum absolute atomic E-state index is 0.209. The molecule has 5 heteroatoms. The average molecular weight is 341 g/mol. The molecule has 2 aliphatic rings. The third-order valence-electron chi connectivity index (χ3n) is 5.22. The zero-order valence-corrected chi connectivity index (χ0v) is 14.8. The molecule has 1 saturated carbocycles. The Labute approximate surface area is 147 Å². The van der Waals surface area contributed by atoms with Crippen LogP contribution in [0.25, 0.3) is 11.3 Å². The third kappa shape index (κ3) is 3.14. The van der Waals surface area contributed by atoms with Crippen LogP contribution in [0.1, 0.15) is 25.0 Å². The van der Waals surface area contributed by atoms with Crippen molar-refractivity contribution < 1.29 is 9.13 Å². The average Bonchev–Trinajstić information content (AvgIpc) is 2.95. The summed E-state index contributed by atoms with van der Waals surface area (Å²) in [5.74, 6) is 1.38. The summed E-state index contributed by atoms with van der Waals surface area (Å²) >= 11 is 0. The highest BCUT2D eigenvalue weighted by atomic mass is 19.1. The number of aromatic nitrogens is 1. The lowest BCUT2D eigenvalue weighted by molar-refractivity contribution is 0.251. The number of ether oxygens (including phenoxy) is 1. The van der Waals surface area contributed by atoms with E-state index in [0.29, 0.717) is 29.0 Å². The van der Waals surface area contributed by atoms with Gasteiger partial charge in [-0.25, -0.2) is 9.37 Å². The molecule has 1 saturated heterocycles. The van der Waals surface area contributed by atoms with Crippen LogP contribution in [0.15, 0.2) is 30.3 Å². The molecule has 1 unspecified atom stereocenters. The predicted molar refractivity (Wildman–Crippen MR) is 95.8 cm³/mol. The molecular weight excluding hydrogens is 317 g/mol. The van der Waals surface area contributed by atoms with Crippen LogP contribution in [0.2, 0.25) is 0 Å². The van der Waals surface area contributed by atoms with Gasteiger partial charge in [-0.15, -0.1) is 0 Å². The van der Waals surface area contributed by atoms with Crippen LogP contribution >= 0.6 is 0 Å².